The number of rotatable bonds is 8. The van der Waals surface area contributed by atoms with Crippen LogP contribution < -0.4 is 5.32 Å². The van der Waals surface area contributed by atoms with E-state index in [0.29, 0.717) is 13.2 Å². The number of hydrazone groups is 1. The second kappa shape index (κ2) is 9.70. The minimum Gasteiger partial charge on any atom is -0.464 e. The third kappa shape index (κ3) is 5.68. The molecule has 1 atom stereocenters. The number of benzene rings is 1. The van der Waals surface area contributed by atoms with Crippen LogP contribution in [0.3, 0.4) is 0 Å². The van der Waals surface area contributed by atoms with E-state index in [1.807, 2.05) is 37.3 Å². The Morgan fingerprint density at radius 3 is 2.69 bits per heavy atom. The first kappa shape index (κ1) is 19.6. The zero-order chi connectivity index (χ0) is 18.9. The van der Waals surface area contributed by atoms with Crippen LogP contribution in [0.25, 0.3) is 0 Å². The fourth-order valence-electron chi connectivity index (χ4n) is 2.43. The van der Waals surface area contributed by atoms with E-state index < -0.39 is 17.9 Å². The van der Waals surface area contributed by atoms with Gasteiger partial charge in [0.15, 0.2) is 0 Å². The van der Waals surface area contributed by atoms with Gasteiger partial charge in [-0.2, -0.15) is 5.10 Å². The molecule has 0 aliphatic carbocycles. The topological polar surface area (TPSA) is 88.1 Å². The first-order chi connectivity index (χ1) is 12.5. The van der Waals surface area contributed by atoms with Gasteiger partial charge in [0.2, 0.25) is 5.91 Å². The lowest BCUT2D eigenvalue weighted by atomic mass is 10.1. The van der Waals surface area contributed by atoms with E-state index >= 15 is 0 Å². The highest BCUT2D eigenvalue weighted by Crippen LogP contribution is 2.13. The minimum atomic E-state index is -0.762. The highest BCUT2D eigenvalue weighted by atomic mass is 16.5. The van der Waals surface area contributed by atoms with Crippen LogP contribution in [0.2, 0.25) is 0 Å². The van der Waals surface area contributed by atoms with Gasteiger partial charge in [-0.25, -0.2) is 9.80 Å². The zero-order valence-corrected chi connectivity index (χ0v) is 15.2. The molecule has 1 heterocycles. The van der Waals surface area contributed by atoms with Gasteiger partial charge in [-0.15, -0.1) is 0 Å². The third-order valence-corrected chi connectivity index (χ3v) is 3.99. The van der Waals surface area contributed by atoms with Crippen LogP contribution in [0.1, 0.15) is 45.1 Å². The summed E-state index contributed by atoms with van der Waals surface area (Å²) in [4.78, 5) is 36.3. The van der Waals surface area contributed by atoms with Gasteiger partial charge in [-0.3, -0.25) is 9.59 Å². The predicted molar refractivity (Wildman–Crippen MR) is 97.1 cm³/mol. The van der Waals surface area contributed by atoms with Gasteiger partial charge in [0.25, 0.3) is 5.91 Å². The highest BCUT2D eigenvalue weighted by Gasteiger charge is 2.26. The van der Waals surface area contributed by atoms with Crippen LogP contribution in [0, 0.1) is 0 Å². The summed E-state index contributed by atoms with van der Waals surface area (Å²) >= 11 is 0. The van der Waals surface area contributed by atoms with Crippen molar-refractivity contribution < 1.29 is 19.1 Å². The molecule has 0 saturated carbocycles. The Kier molecular flexibility index (Phi) is 7.32. The maximum Gasteiger partial charge on any atom is 0.328 e. The van der Waals surface area contributed by atoms with Gasteiger partial charge >= 0.3 is 5.97 Å². The van der Waals surface area contributed by atoms with Gasteiger partial charge in [-0.05, 0) is 18.9 Å². The minimum absolute atomic E-state index is 0.127. The molecule has 0 aromatic heterocycles. The quantitative estimate of drug-likeness (QED) is 0.568. The number of carbonyl (C=O) groups excluding carboxylic acids is 3. The number of nitrogens with one attached hydrogen (secondary N) is 1. The van der Waals surface area contributed by atoms with Crippen molar-refractivity contribution in [2.75, 3.05) is 6.61 Å². The molecule has 0 spiro atoms. The molecule has 0 bridgehead atoms. The van der Waals surface area contributed by atoms with E-state index in [4.69, 9.17) is 4.74 Å². The van der Waals surface area contributed by atoms with Gasteiger partial charge in [0.05, 0.1) is 13.2 Å². The lowest BCUT2D eigenvalue weighted by Gasteiger charge is -2.23. The Morgan fingerprint density at radius 2 is 2.00 bits per heavy atom. The molecule has 2 rings (SSSR count). The Labute approximate surface area is 153 Å². The maximum absolute atomic E-state index is 12.4. The zero-order valence-electron chi connectivity index (χ0n) is 15.2. The van der Waals surface area contributed by atoms with Crippen LogP contribution >= 0.6 is 0 Å². The maximum atomic E-state index is 12.4. The van der Waals surface area contributed by atoms with Crippen LogP contribution in [0.4, 0.5) is 0 Å². The van der Waals surface area contributed by atoms with Gasteiger partial charge in [-0.1, -0.05) is 43.7 Å². The number of hydrogen-bond donors (Lipinski definition) is 1. The fraction of sp³-hybridized carbons (Fsp3) is 0.474. The second-order valence-corrected chi connectivity index (χ2v) is 6.20. The number of esters is 1. The van der Waals surface area contributed by atoms with Crippen LogP contribution in [0.15, 0.2) is 35.4 Å². The van der Waals surface area contributed by atoms with Crippen molar-refractivity contribution in [3.05, 3.63) is 35.9 Å². The number of ether oxygens (including phenoxy) is 1. The number of nitrogens with zero attached hydrogens (tertiary/aromatic N) is 2. The van der Waals surface area contributed by atoms with Crippen LogP contribution in [0.5, 0.6) is 0 Å². The van der Waals surface area contributed by atoms with Crippen LogP contribution in [-0.2, 0) is 25.7 Å². The number of unbranched alkanes of at least 4 members (excludes halogenated alkanes) is 1. The summed E-state index contributed by atoms with van der Waals surface area (Å²) in [5.74, 6) is -1.05. The molecule has 1 aliphatic heterocycles. The highest BCUT2D eigenvalue weighted by molar-refractivity contribution is 6.39. The van der Waals surface area contributed by atoms with Gasteiger partial charge < -0.3 is 10.1 Å². The second-order valence-electron chi connectivity index (χ2n) is 6.20. The lowest BCUT2D eigenvalue weighted by molar-refractivity contribution is -0.147. The Bertz CT molecular complexity index is 673. The SMILES string of the molecule is CCCCOC(=O)[C@@H](C)NC(=O)C1=NN(Cc2ccccc2)C(=O)CC1. The summed E-state index contributed by atoms with van der Waals surface area (Å²) in [6, 6.07) is 8.68. The Morgan fingerprint density at radius 1 is 1.27 bits per heavy atom. The first-order valence-corrected chi connectivity index (χ1v) is 8.90. The normalized spacial score (nSPS) is 15.2. The molecule has 1 N–H and O–H groups in total. The summed E-state index contributed by atoms with van der Waals surface area (Å²) in [6.45, 7) is 4.23. The molecular formula is C19H25N3O4. The van der Waals surface area contributed by atoms with Crippen molar-refractivity contribution in [2.24, 2.45) is 5.10 Å². The van der Waals surface area contributed by atoms with Gasteiger partial charge in [0, 0.05) is 12.8 Å². The van der Waals surface area contributed by atoms with Crippen LogP contribution in [-0.4, -0.2) is 41.2 Å². The largest absolute Gasteiger partial charge is 0.464 e. The smallest absolute Gasteiger partial charge is 0.328 e. The number of amides is 2. The Balaban J connectivity index is 1.95. The molecule has 0 unspecified atom stereocenters. The molecule has 0 radical (unpaired) electrons. The van der Waals surface area contributed by atoms with E-state index in [1.54, 1.807) is 6.92 Å². The summed E-state index contributed by atoms with van der Waals surface area (Å²) in [6.07, 6.45) is 2.19. The molecule has 1 aromatic carbocycles. The third-order valence-electron chi connectivity index (χ3n) is 3.99. The number of carbonyl (C=O) groups is 3. The molecule has 7 nitrogen and oxygen atoms in total. The molecule has 1 aromatic rings. The Hall–Kier alpha value is -2.70. The summed E-state index contributed by atoms with van der Waals surface area (Å²) in [7, 11) is 0. The van der Waals surface area contributed by atoms with E-state index in [1.165, 1.54) is 5.01 Å². The molecule has 26 heavy (non-hydrogen) atoms. The van der Waals surface area contributed by atoms with Crippen molar-refractivity contribution in [3.63, 3.8) is 0 Å². The van der Waals surface area contributed by atoms with Crippen molar-refractivity contribution in [1.82, 2.24) is 10.3 Å². The standard InChI is InChI=1S/C19H25N3O4/c1-3-4-12-26-19(25)14(2)20-18(24)16-10-11-17(23)22(21-16)13-15-8-6-5-7-9-15/h5-9,14H,3-4,10-13H2,1-2H3,(H,20,24)/t14-/m1/s1. The fourth-order valence-corrected chi connectivity index (χ4v) is 2.43. The number of hydrogen-bond acceptors (Lipinski definition) is 5. The molecule has 0 fully saturated rings. The predicted octanol–water partition coefficient (Wildman–Crippen LogP) is 2.01. The van der Waals surface area contributed by atoms with Crippen molar-refractivity contribution >= 4 is 23.5 Å². The molecule has 140 valence electrons. The molecule has 7 heteroatoms. The van der Waals surface area contributed by atoms with E-state index in [-0.39, 0.29) is 24.5 Å². The van der Waals surface area contributed by atoms with E-state index in [0.717, 1.165) is 18.4 Å². The summed E-state index contributed by atoms with van der Waals surface area (Å²) in [5, 5.41) is 8.08. The molecule has 2 amide bonds. The molecule has 0 saturated heterocycles. The lowest BCUT2D eigenvalue weighted by Crippen LogP contribution is -2.45. The van der Waals surface area contributed by atoms with Gasteiger partial charge in [0.1, 0.15) is 11.8 Å². The van der Waals surface area contributed by atoms with Crippen molar-refractivity contribution in [2.45, 2.75) is 52.1 Å². The molecule has 1 aliphatic rings. The van der Waals surface area contributed by atoms with E-state index in [2.05, 4.69) is 10.4 Å². The summed E-state index contributed by atoms with van der Waals surface area (Å²) in [5.41, 5.74) is 1.17. The monoisotopic (exact) mass is 359 g/mol. The average Bonchev–Trinajstić information content (AvgIpc) is 2.64. The average molecular weight is 359 g/mol. The summed E-state index contributed by atoms with van der Waals surface area (Å²) < 4.78 is 5.09. The van der Waals surface area contributed by atoms with Crippen molar-refractivity contribution in [1.29, 1.82) is 0 Å². The van der Waals surface area contributed by atoms with E-state index in [9.17, 15) is 14.4 Å². The van der Waals surface area contributed by atoms with Crippen molar-refractivity contribution in [3.8, 4) is 0 Å². The molecular weight excluding hydrogens is 334 g/mol. The first-order valence-electron chi connectivity index (χ1n) is 8.90.